The predicted octanol–water partition coefficient (Wildman–Crippen LogP) is 1.57. The molecule has 1 aliphatic rings. The second-order valence-electron chi connectivity index (χ2n) is 4.99. The molecular weight excluding hydrogens is 212 g/mol. The third-order valence-electron chi connectivity index (χ3n) is 3.15. The van der Waals surface area contributed by atoms with Crippen LogP contribution in [0.25, 0.3) is 0 Å². The summed E-state index contributed by atoms with van der Waals surface area (Å²) in [6.07, 6.45) is 8.74. The van der Waals surface area contributed by atoms with Gasteiger partial charge in [-0.2, -0.15) is 0 Å². The molecule has 0 bridgehead atoms. The molecule has 0 unspecified atom stereocenters. The number of hydrogen-bond acceptors (Lipinski definition) is 4. The molecule has 0 aromatic carbocycles. The van der Waals surface area contributed by atoms with E-state index >= 15 is 0 Å². The van der Waals surface area contributed by atoms with Crippen molar-refractivity contribution in [3.05, 3.63) is 18.0 Å². The van der Waals surface area contributed by atoms with Crippen molar-refractivity contribution in [2.75, 3.05) is 38.6 Å². The second-order valence-corrected chi connectivity index (χ2v) is 4.99. The SMILES string of the molecule is CN(C)CCCc1cnc(N2CCCC2)nc1. The van der Waals surface area contributed by atoms with Crippen molar-refractivity contribution in [2.45, 2.75) is 25.7 Å². The zero-order valence-electron chi connectivity index (χ0n) is 10.9. The van der Waals surface area contributed by atoms with E-state index in [2.05, 4.69) is 33.9 Å². The maximum Gasteiger partial charge on any atom is 0.225 e. The largest absolute Gasteiger partial charge is 0.341 e. The van der Waals surface area contributed by atoms with Gasteiger partial charge in [-0.25, -0.2) is 9.97 Å². The standard InChI is InChI=1S/C13H22N4/c1-16(2)7-5-6-12-10-14-13(15-11-12)17-8-3-4-9-17/h10-11H,3-9H2,1-2H3. The van der Waals surface area contributed by atoms with Gasteiger partial charge in [0.05, 0.1) is 0 Å². The molecule has 2 rings (SSSR count). The molecule has 1 saturated heterocycles. The minimum Gasteiger partial charge on any atom is -0.341 e. The summed E-state index contributed by atoms with van der Waals surface area (Å²) in [6.45, 7) is 3.34. The zero-order valence-corrected chi connectivity index (χ0v) is 10.9. The third-order valence-corrected chi connectivity index (χ3v) is 3.15. The van der Waals surface area contributed by atoms with Gasteiger partial charge in [0.1, 0.15) is 0 Å². The van der Waals surface area contributed by atoms with Gasteiger partial charge < -0.3 is 9.80 Å². The van der Waals surface area contributed by atoms with Crippen molar-refractivity contribution >= 4 is 5.95 Å². The Kier molecular flexibility index (Phi) is 4.31. The minimum absolute atomic E-state index is 0.902. The van der Waals surface area contributed by atoms with Gasteiger partial charge in [-0.15, -0.1) is 0 Å². The fourth-order valence-electron chi connectivity index (χ4n) is 2.16. The molecule has 4 heteroatoms. The molecular formula is C13H22N4. The molecule has 1 aromatic heterocycles. The molecule has 2 heterocycles. The highest BCUT2D eigenvalue weighted by molar-refractivity contribution is 5.30. The fourth-order valence-corrected chi connectivity index (χ4v) is 2.16. The summed E-state index contributed by atoms with van der Waals surface area (Å²) in [7, 11) is 4.21. The summed E-state index contributed by atoms with van der Waals surface area (Å²) < 4.78 is 0. The predicted molar refractivity (Wildman–Crippen MR) is 70.4 cm³/mol. The highest BCUT2D eigenvalue weighted by Crippen LogP contribution is 2.15. The van der Waals surface area contributed by atoms with E-state index in [1.807, 2.05) is 12.4 Å². The van der Waals surface area contributed by atoms with Gasteiger partial charge in [0, 0.05) is 25.5 Å². The van der Waals surface area contributed by atoms with E-state index in [0.29, 0.717) is 0 Å². The van der Waals surface area contributed by atoms with Crippen LogP contribution < -0.4 is 4.90 Å². The van der Waals surface area contributed by atoms with Crippen LogP contribution in [0.5, 0.6) is 0 Å². The van der Waals surface area contributed by atoms with Crippen LogP contribution in [0.2, 0.25) is 0 Å². The first-order valence-corrected chi connectivity index (χ1v) is 6.46. The fraction of sp³-hybridized carbons (Fsp3) is 0.692. The van der Waals surface area contributed by atoms with Crippen molar-refractivity contribution in [3.8, 4) is 0 Å². The van der Waals surface area contributed by atoms with Crippen molar-refractivity contribution in [2.24, 2.45) is 0 Å². The molecule has 0 spiro atoms. The summed E-state index contributed by atoms with van der Waals surface area (Å²) in [6, 6.07) is 0. The van der Waals surface area contributed by atoms with Gasteiger partial charge in [0.25, 0.3) is 0 Å². The Morgan fingerprint density at radius 3 is 2.41 bits per heavy atom. The summed E-state index contributed by atoms with van der Waals surface area (Å²) in [5, 5.41) is 0. The van der Waals surface area contributed by atoms with E-state index in [4.69, 9.17) is 0 Å². The lowest BCUT2D eigenvalue weighted by molar-refractivity contribution is 0.400. The first-order chi connectivity index (χ1) is 8.25. The van der Waals surface area contributed by atoms with Gasteiger partial charge in [-0.1, -0.05) is 0 Å². The molecule has 17 heavy (non-hydrogen) atoms. The number of rotatable bonds is 5. The van der Waals surface area contributed by atoms with E-state index in [-0.39, 0.29) is 0 Å². The molecule has 1 aromatic rings. The average Bonchev–Trinajstić information content (AvgIpc) is 2.83. The van der Waals surface area contributed by atoms with Crippen LogP contribution in [0.4, 0.5) is 5.95 Å². The topological polar surface area (TPSA) is 32.3 Å². The molecule has 0 saturated carbocycles. The van der Waals surface area contributed by atoms with E-state index in [1.54, 1.807) is 0 Å². The Morgan fingerprint density at radius 1 is 1.18 bits per heavy atom. The lowest BCUT2D eigenvalue weighted by Crippen LogP contribution is -2.20. The Hall–Kier alpha value is -1.16. The quantitative estimate of drug-likeness (QED) is 0.774. The van der Waals surface area contributed by atoms with Gasteiger partial charge in [-0.3, -0.25) is 0 Å². The lowest BCUT2D eigenvalue weighted by Gasteiger charge is -2.14. The first-order valence-electron chi connectivity index (χ1n) is 6.46. The Bertz CT molecular complexity index is 328. The smallest absolute Gasteiger partial charge is 0.225 e. The summed E-state index contributed by atoms with van der Waals surface area (Å²) in [4.78, 5) is 13.4. The van der Waals surface area contributed by atoms with Crippen molar-refractivity contribution in [1.82, 2.24) is 14.9 Å². The van der Waals surface area contributed by atoms with E-state index < -0.39 is 0 Å². The van der Waals surface area contributed by atoms with Gasteiger partial charge >= 0.3 is 0 Å². The molecule has 0 aliphatic carbocycles. The van der Waals surface area contributed by atoms with Gasteiger partial charge in [-0.05, 0) is 51.9 Å². The van der Waals surface area contributed by atoms with Crippen LogP contribution in [-0.4, -0.2) is 48.6 Å². The van der Waals surface area contributed by atoms with Crippen LogP contribution >= 0.6 is 0 Å². The molecule has 1 aliphatic heterocycles. The summed E-state index contributed by atoms with van der Waals surface area (Å²) in [5.41, 5.74) is 1.25. The van der Waals surface area contributed by atoms with Crippen LogP contribution in [0.15, 0.2) is 12.4 Å². The number of aromatic nitrogens is 2. The highest BCUT2D eigenvalue weighted by atomic mass is 15.3. The Balaban J connectivity index is 1.84. The maximum atomic E-state index is 4.46. The summed E-state index contributed by atoms with van der Waals surface area (Å²) >= 11 is 0. The second kappa shape index (κ2) is 5.96. The number of nitrogens with zero attached hydrogens (tertiary/aromatic N) is 4. The monoisotopic (exact) mass is 234 g/mol. The summed E-state index contributed by atoms with van der Waals surface area (Å²) in [5.74, 6) is 0.902. The minimum atomic E-state index is 0.902. The van der Waals surface area contributed by atoms with Crippen molar-refractivity contribution < 1.29 is 0 Å². The van der Waals surface area contributed by atoms with Crippen LogP contribution in [0.3, 0.4) is 0 Å². The number of anilines is 1. The molecule has 4 nitrogen and oxygen atoms in total. The lowest BCUT2D eigenvalue weighted by atomic mass is 10.2. The van der Waals surface area contributed by atoms with E-state index in [0.717, 1.165) is 32.0 Å². The zero-order chi connectivity index (χ0) is 12.1. The van der Waals surface area contributed by atoms with Gasteiger partial charge in [0.15, 0.2) is 0 Å². The normalized spacial score (nSPS) is 15.8. The number of hydrogen-bond donors (Lipinski definition) is 0. The van der Waals surface area contributed by atoms with Crippen LogP contribution in [0.1, 0.15) is 24.8 Å². The van der Waals surface area contributed by atoms with E-state index in [9.17, 15) is 0 Å². The first kappa shape index (κ1) is 12.3. The van der Waals surface area contributed by atoms with Crippen molar-refractivity contribution in [3.63, 3.8) is 0 Å². The maximum absolute atomic E-state index is 4.46. The molecule has 0 amide bonds. The Morgan fingerprint density at radius 2 is 1.82 bits per heavy atom. The van der Waals surface area contributed by atoms with Crippen molar-refractivity contribution in [1.29, 1.82) is 0 Å². The highest BCUT2D eigenvalue weighted by Gasteiger charge is 2.14. The third kappa shape index (κ3) is 3.66. The number of aryl methyl sites for hydroxylation is 1. The molecule has 0 atom stereocenters. The Labute approximate surface area is 104 Å². The van der Waals surface area contributed by atoms with Crippen LogP contribution in [0, 0.1) is 0 Å². The van der Waals surface area contributed by atoms with Crippen LogP contribution in [-0.2, 0) is 6.42 Å². The van der Waals surface area contributed by atoms with Gasteiger partial charge in [0.2, 0.25) is 5.95 Å². The molecule has 0 radical (unpaired) electrons. The van der Waals surface area contributed by atoms with E-state index in [1.165, 1.54) is 24.8 Å². The molecule has 0 N–H and O–H groups in total. The molecule has 1 fully saturated rings. The average molecular weight is 234 g/mol. The molecule has 94 valence electrons.